The number of hydrogen-bond donors (Lipinski definition) is 2. The first-order valence-corrected chi connectivity index (χ1v) is 4.34. The Morgan fingerprint density at radius 1 is 1.73 bits per heavy atom. The third kappa shape index (κ3) is 2.75. The maximum absolute atomic E-state index is 13.2. The summed E-state index contributed by atoms with van der Waals surface area (Å²) in [6.45, 7) is 2.40. The van der Waals surface area contributed by atoms with Gasteiger partial charge in [0.15, 0.2) is 0 Å². The molecule has 0 aromatic rings. The molecule has 11 heavy (non-hydrogen) atoms. The van der Waals surface area contributed by atoms with Crippen LogP contribution in [0.5, 0.6) is 0 Å². The van der Waals surface area contributed by atoms with E-state index in [9.17, 15) is 4.39 Å². The van der Waals surface area contributed by atoms with Gasteiger partial charge in [-0.3, -0.25) is 0 Å². The van der Waals surface area contributed by atoms with Crippen molar-refractivity contribution in [3.05, 3.63) is 0 Å². The molecule has 0 saturated carbocycles. The largest absolute Gasteiger partial charge is 0.317 e. The predicted molar refractivity (Wildman–Crippen MR) is 44.4 cm³/mol. The van der Waals surface area contributed by atoms with Gasteiger partial charge in [0, 0.05) is 19.0 Å². The van der Waals surface area contributed by atoms with Crippen molar-refractivity contribution < 1.29 is 4.39 Å². The zero-order valence-corrected chi connectivity index (χ0v) is 7.07. The monoisotopic (exact) mass is 160 g/mol. The van der Waals surface area contributed by atoms with Crippen LogP contribution in [0.2, 0.25) is 0 Å². The molecular formula is C8H17FN2. The maximum atomic E-state index is 13.2. The average molecular weight is 160 g/mol. The Morgan fingerprint density at radius 3 is 3.09 bits per heavy atom. The van der Waals surface area contributed by atoms with Gasteiger partial charge in [-0.05, 0) is 26.4 Å². The van der Waals surface area contributed by atoms with Crippen LogP contribution in [0.4, 0.5) is 4.39 Å². The highest BCUT2D eigenvalue weighted by molar-refractivity contribution is 4.76. The van der Waals surface area contributed by atoms with Crippen molar-refractivity contribution >= 4 is 0 Å². The van der Waals surface area contributed by atoms with Crippen molar-refractivity contribution in [2.24, 2.45) is 5.92 Å². The summed E-state index contributed by atoms with van der Waals surface area (Å²) in [5, 5.41) is 6.07. The Labute approximate surface area is 67.6 Å². The van der Waals surface area contributed by atoms with Gasteiger partial charge in [0.05, 0.1) is 0 Å². The summed E-state index contributed by atoms with van der Waals surface area (Å²) in [6.07, 6.45) is 1.48. The van der Waals surface area contributed by atoms with Crippen molar-refractivity contribution in [3.8, 4) is 0 Å². The van der Waals surface area contributed by atoms with E-state index in [0.29, 0.717) is 6.54 Å². The van der Waals surface area contributed by atoms with Crippen molar-refractivity contribution in [1.82, 2.24) is 10.6 Å². The van der Waals surface area contributed by atoms with E-state index in [1.807, 2.05) is 0 Å². The first-order valence-electron chi connectivity index (χ1n) is 4.34. The smallest absolute Gasteiger partial charge is 0.116 e. The van der Waals surface area contributed by atoms with Crippen molar-refractivity contribution in [2.45, 2.75) is 19.0 Å². The fraction of sp³-hybridized carbons (Fsp3) is 1.00. The molecule has 3 heteroatoms. The Bertz CT molecular complexity index is 102. The van der Waals surface area contributed by atoms with E-state index < -0.39 is 6.17 Å². The van der Waals surface area contributed by atoms with Crippen LogP contribution >= 0.6 is 0 Å². The van der Waals surface area contributed by atoms with E-state index in [-0.39, 0.29) is 5.92 Å². The molecule has 0 amide bonds. The first-order chi connectivity index (χ1) is 5.34. The van der Waals surface area contributed by atoms with Gasteiger partial charge in [0.2, 0.25) is 0 Å². The molecule has 0 aliphatic carbocycles. The first kappa shape index (κ1) is 8.94. The zero-order chi connectivity index (χ0) is 8.10. The molecule has 0 aromatic carbocycles. The third-order valence-electron chi connectivity index (χ3n) is 2.25. The van der Waals surface area contributed by atoms with E-state index in [2.05, 4.69) is 10.6 Å². The maximum Gasteiger partial charge on any atom is 0.116 e. The molecule has 1 aliphatic heterocycles. The highest BCUT2D eigenvalue weighted by atomic mass is 19.1. The van der Waals surface area contributed by atoms with Crippen molar-refractivity contribution in [3.63, 3.8) is 0 Å². The van der Waals surface area contributed by atoms with Crippen LogP contribution in [0.3, 0.4) is 0 Å². The van der Waals surface area contributed by atoms with Crippen LogP contribution < -0.4 is 10.6 Å². The van der Waals surface area contributed by atoms with Gasteiger partial charge in [-0.2, -0.15) is 0 Å². The van der Waals surface area contributed by atoms with E-state index in [0.717, 1.165) is 25.9 Å². The molecule has 0 spiro atoms. The number of rotatable bonds is 3. The number of nitrogens with one attached hydrogen (secondary N) is 2. The molecule has 1 saturated heterocycles. The van der Waals surface area contributed by atoms with Gasteiger partial charge in [-0.25, -0.2) is 4.39 Å². The quantitative estimate of drug-likeness (QED) is 0.630. The summed E-state index contributed by atoms with van der Waals surface area (Å²) in [5.41, 5.74) is 0. The van der Waals surface area contributed by atoms with Crippen LogP contribution in [0, 0.1) is 5.92 Å². The standard InChI is InChI=1S/C8H17FN2/c1-10-6-8(9)7-3-2-4-11-5-7/h7-8,10-11H,2-6H2,1H3. The Morgan fingerprint density at radius 2 is 2.55 bits per heavy atom. The van der Waals surface area contributed by atoms with Gasteiger partial charge in [-0.1, -0.05) is 0 Å². The third-order valence-corrected chi connectivity index (χ3v) is 2.25. The van der Waals surface area contributed by atoms with Crippen LogP contribution in [-0.2, 0) is 0 Å². The number of halogens is 1. The molecule has 1 fully saturated rings. The fourth-order valence-electron chi connectivity index (χ4n) is 1.55. The minimum Gasteiger partial charge on any atom is -0.317 e. The topological polar surface area (TPSA) is 24.1 Å². The highest BCUT2D eigenvalue weighted by Crippen LogP contribution is 2.16. The van der Waals surface area contributed by atoms with E-state index in [4.69, 9.17) is 0 Å². The fourth-order valence-corrected chi connectivity index (χ4v) is 1.55. The summed E-state index contributed by atoms with van der Waals surface area (Å²) in [7, 11) is 1.79. The van der Waals surface area contributed by atoms with E-state index in [1.165, 1.54) is 0 Å². The minimum atomic E-state index is -0.673. The number of piperidine rings is 1. The molecule has 1 heterocycles. The highest BCUT2D eigenvalue weighted by Gasteiger charge is 2.21. The lowest BCUT2D eigenvalue weighted by Crippen LogP contribution is -2.38. The SMILES string of the molecule is CNCC(F)C1CCCNC1. The normalized spacial score (nSPS) is 28.4. The van der Waals surface area contributed by atoms with E-state index >= 15 is 0 Å². The minimum absolute atomic E-state index is 0.233. The molecule has 2 nitrogen and oxygen atoms in total. The molecule has 66 valence electrons. The Balaban J connectivity index is 2.21. The van der Waals surface area contributed by atoms with Crippen LogP contribution in [0.25, 0.3) is 0 Å². The lowest BCUT2D eigenvalue weighted by molar-refractivity contribution is 0.190. The Hall–Kier alpha value is -0.150. The van der Waals surface area contributed by atoms with Crippen LogP contribution in [-0.4, -0.2) is 32.9 Å². The lowest BCUT2D eigenvalue weighted by Gasteiger charge is -2.25. The molecule has 2 unspecified atom stereocenters. The molecule has 2 N–H and O–H groups in total. The summed E-state index contributed by atoms with van der Waals surface area (Å²) in [5.74, 6) is 0.233. The van der Waals surface area contributed by atoms with Gasteiger partial charge in [0.1, 0.15) is 6.17 Å². The van der Waals surface area contributed by atoms with E-state index in [1.54, 1.807) is 7.05 Å². The second-order valence-corrected chi connectivity index (χ2v) is 3.18. The van der Waals surface area contributed by atoms with Crippen LogP contribution in [0.1, 0.15) is 12.8 Å². The second kappa shape index (κ2) is 4.67. The molecule has 0 radical (unpaired) electrons. The molecule has 1 aliphatic rings. The van der Waals surface area contributed by atoms with Crippen LogP contribution in [0.15, 0.2) is 0 Å². The summed E-state index contributed by atoms with van der Waals surface area (Å²) in [4.78, 5) is 0. The van der Waals surface area contributed by atoms with Gasteiger partial charge in [0.25, 0.3) is 0 Å². The zero-order valence-electron chi connectivity index (χ0n) is 7.07. The molecule has 2 atom stereocenters. The molecule has 0 aromatic heterocycles. The number of hydrogen-bond acceptors (Lipinski definition) is 2. The molecule has 1 rings (SSSR count). The second-order valence-electron chi connectivity index (χ2n) is 3.18. The Kier molecular flexibility index (Phi) is 3.80. The predicted octanol–water partition coefficient (Wildman–Crippen LogP) is 0.543. The summed E-state index contributed by atoms with van der Waals surface area (Å²) in [6, 6.07) is 0. The lowest BCUT2D eigenvalue weighted by atomic mass is 9.95. The van der Waals surface area contributed by atoms with Gasteiger partial charge >= 0.3 is 0 Å². The van der Waals surface area contributed by atoms with Gasteiger partial charge in [-0.15, -0.1) is 0 Å². The number of alkyl halides is 1. The van der Waals surface area contributed by atoms with Gasteiger partial charge < -0.3 is 10.6 Å². The summed E-state index contributed by atoms with van der Waals surface area (Å²) >= 11 is 0. The van der Waals surface area contributed by atoms with Crippen molar-refractivity contribution in [1.29, 1.82) is 0 Å². The van der Waals surface area contributed by atoms with Crippen molar-refractivity contribution in [2.75, 3.05) is 26.7 Å². The summed E-state index contributed by atoms with van der Waals surface area (Å²) < 4.78 is 13.2. The molecule has 0 bridgehead atoms. The molecular weight excluding hydrogens is 143 g/mol. The average Bonchev–Trinajstić information content (AvgIpc) is 2.07.